The van der Waals surface area contributed by atoms with E-state index in [1.165, 1.54) is 12.8 Å². The van der Waals surface area contributed by atoms with Gasteiger partial charge < -0.3 is 4.74 Å². The van der Waals surface area contributed by atoms with E-state index in [0.29, 0.717) is 11.5 Å². The highest BCUT2D eigenvalue weighted by molar-refractivity contribution is 9.10. The van der Waals surface area contributed by atoms with Crippen molar-refractivity contribution in [2.45, 2.75) is 65.4 Å². The Morgan fingerprint density at radius 2 is 2.00 bits per heavy atom. The van der Waals surface area contributed by atoms with Gasteiger partial charge in [-0.15, -0.1) is 0 Å². The van der Waals surface area contributed by atoms with Crippen LogP contribution in [-0.2, 0) is 6.42 Å². The smallest absolute Gasteiger partial charge is 0.217 e. The Hall–Kier alpha value is -0.640. The first-order chi connectivity index (χ1) is 8.98. The lowest BCUT2D eigenvalue weighted by atomic mass is 9.76. The van der Waals surface area contributed by atoms with Crippen molar-refractivity contribution in [2.24, 2.45) is 5.41 Å². The number of rotatable bonds is 4. The molecule has 19 heavy (non-hydrogen) atoms. The van der Waals surface area contributed by atoms with E-state index < -0.39 is 0 Å². The summed E-state index contributed by atoms with van der Waals surface area (Å²) in [5.41, 5.74) is 0.472. The van der Waals surface area contributed by atoms with Crippen LogP contribution in [0.1, 0.15) is 58.7 Å². The van der Waals surface area contributed by atoms with Gasteiger partial charge in [0.1, 0.15) is 16.5 Å². The van der Waals surface area contributed by atoms with Gasteiger partial charge in [-0.1, -0.05) is 20.8 Å². The molecule has 1 saturated carbocycles. The van der Waals surface area contributed by atoms with Crippen LogP contribution >= 0.6 is 15.9 Å². The van der Waals surface area contributed by atoms with Gasteiger partial charge in [-0.2, -0.15) is 4.98 Å². The Morgan fingerprint density at radius 1 is 1.32 bits per heavy atom. The van der Waals surface area contributed by atoms with Gasteiger partial charge in [0.2, 0.25) is 5.88 Å². The monoisotopic (exact) mass is 326 g/mol. The predicted molar refractivity (Wildman–Crippen MR) is 80.4 cm³/mol. The van der Waals surface area contributed by atoms with Crippen molar-refractivity contribution in [2.75, 3.05) is 0 Å². The Kier molecular flexibility index (Phi) is 4.82. The molecule has 0 unspecified atom stereocenters. The van der Waals surface area contributed by atoms with Crippen LogP contribution in [0.5, 0.6) is 5.88 Å². The third-order valence-electron chi connectivity index (χ3n) is 3.76. The van der Waals surface area contributed by atoms with E-state index in [4.69, 9.17) is 4.74 Å². The minimum Gasteiger partial charge on any atom is -0.474 e. The number of hydrogen-bond acceptors (Lipinski definition) is 3. The molecule has 0 spiro atoms. The molecule has 0 aliphatic heterocycles. The van der Waals surface area contributed by atoms with E-state index in [1.807, 2.05) is 6.07 Å². The molecule has 1 aromatic heterocycles. The second kappa shape index (κ2) is 6.21. The SMILES string of the molecule is CCCc1nc(Br)cc(OC2CCC(C)(C)CC2)n1. The number of aryl methyl sites for hydroxylation is 1. The molecule has 0 amide bonds. The van der Waals surface area contributed by atoms with E-state index in [0.717, 1.165) is 42.0 Å². The van der Waals surface area contributed by atoms with Crippen LogP contribution in [0.3, 0.4) is 0 Å². The van der Waals surface area contributed by atoms with Crippen molar-refractivity contribution in [3.8, 4) is 5.88 Å². The van der Waals surface area contributed by atoms with Crippen molar-refractivity contribution >= 4 is 15.9 Å². The van der Waals surface area contributed by atoms with Crippen molar-refractivity contribution in [3.05, 3.63) is 16.5 Å². The summed E-state index contributed by atoms with van der Waals surface area (Å²) in [6.07, 6.45) is 6.96. The third-order valence-corrected chi connectivity index (χ3v) is 4.17. The van der Waals surface area contributed by atoms with Crippen LogP contribution in [-0.4, -0.2) is 16.1 Å². The van der Waals surface area contributed by atoms with Gasteiger partial charge in [0.25, 0.3) is 0 Å². The summed E-state index contributed by atoms with van der Waals surface area (Å²) in [6, 6.07) is 1.87. The number of nitrogens with zero attached hydrogens (tertiary/aromatic N) is 2. The highest BCUT2D eigenvalue weighted by atomic mass is 79.9. The molecular formula is C15H23BrN2O. The van der Waals surface area contributed by atoms with Gasteiger partial charge >= 0.3 is 0 Å². The van der Waals surface area contributed by atoms with Crippen LogP contribution in [0.25, 0.3) is 0 Å². The highest BCUT2D eigenvalue weighted by Crippen LogP contribution is 2.36. The molecule has 0 N–H and O–H groups in total. The molecule has 3 nitrogen and oxygen atoms in total. The van der Waals surface area contributed by atoms with Gasteiger partial charge in [-0.25, -0.2) is 4.98 Å². The van der Waals surface area contributed by atoms with Gasteiger partial charge in [-0.3, -0.25) is 0 Å². The molecule has 0 bridgehead atoms. The Balaban J connectivity index is 1.99. The average Bonchev–Trinajstić information content (AvgIpc) is 2.32. The zero-order valence-corrected chi connectivity index (χ0v) is 13.7. The second-order valence-corrected chi connectivity index (χ2v) is 6.99. The van der Waals surface area contributed by atoms with Crippen LogP contribution in [0.4, 0.5) is 0 Å². The van der Waals surface area contributed by atoms with Crippen LogP contribution in [0.15, 0.2) is 10.7 Å². The van der Waals surface area contributed by atoms with Crippen molar-refractivity contribution < 1.29 is 4.74 Å². The van der Waals surface area contributed by atoms with Gasteiger partial charge in [0.05, 0.1) is 0 Å². The minimum absolute atomic E-state index is 0.310. The molecule has 0 atom stereocenters. The quantitative estimate of drug-likeness (QED) is 0.762. The summed E-state index contributed by atoms with van der Waals surface area (Å²) in [5.74, 6) is 1.58. The van der Waals surface area contributed by atoms with E-state index >= 15 is 0 Å². The normalized spacial score (nSPS) is 19.4. The lowest BCUT2D eigenvalue weighted by Crippen LogP contribution is -2.28. The maximum Gasteiger partial charge on any atom is 0.217 e. The summed E-state index contributed by atoms with van der Waals surface area (Å²) in [5, 5.41) is 0. The van der Waals surface area contributed by atoms with E-state index in [-0.39, 0.29) is 0 Å². The van der Waals surface area contributed by atoms with E-state index in [9.17, 15) is 0 Å². The van der Waals surface area contributed by atoms with Crippen LogP contribution in [0, 0.1) is 5.41 Å². The first kappa shape index (κ1) is 14.8. The maximum atomic E-state index is 6.04. The van der Waals surface area contributed by atoms with E-state index in [1.54, 1.807) is 0 Å². The number of ether oxygens (including phenoxy) is 1. The molecule has 4 heteroatoms. The lowest BCUT2D eigenvalue weighted by Gasteiger charge is -2.34. The summed E-state index contributed by atoms with van der Waals surface area (Å²) in [7, 11) is 0. The highest BCUT2D eigenvalue weighted by Gasteiger charge is 2.28. The number of aromatic nitrogens is 2. The van der Waals surface area contributed by atoms with Gasteiger partial charge in [0.15, 0.2) is 0 Å². The molecule has 0 radical (unpaired) electrons. The molecule has 1 aromatic rings. The van der Waals surface area contributed by atoms with Gasteiger partial charge in [0, 0.05) is 12.5 Å². The zero-order chi connectivity index (χ0) is 13.9. The summed E-state index contributed by atoms with van der Waals surface area (Å²) in [6.45, 7) is 6.81. The molecule has 1 heterocycles. The van der Waals surface area contributed by atoms with Crippen molar-refractivity contribution in [1.29, 1.82) is 0 Å². The average molecular weight is 327 g/mol. The largest absolute Gasteiger partial charge is 0.474 e. The van der Waals surface area contributed by atoms with Crippen molar-refractivity contribution in [1.82, 2.24) is 9.97 Å². The fourth-order valence-electron chi connectivity index (χ4n) is 2.50. The molecule has 2 rings (SSSR count). The third kappa shape index (κ3) is 4.44. The molecule has 0 saturated heterocycles. The number of halogens is 1. The van der Waals surface area contributed by atoms with Crippen LogP contribution < -0.4 is 4.74 Å². The Bertz CT molecular complexity index is 424. The molecule has 106 valence electrons. The second-order valence-electron chi connectivity index (χ2n) is 6.18. The minimum atomic E-state index is 0.310. The van der Waals surface area contributed by atoms with Crippen molar-refractivity contribution in [3.63, 3.8) is 0 Å². The fraction of sp³-hybridized carbons (Fsp3) is 0.733. The van der Waals surface area contributed by atoms with Gasteiger partial charge in [-0.05, 0) is 53.4 Å². The summed E-state index contributed by atoms with van der Waals surface area (Å²) >= 11 is 3.43. The molecule has 0 aromatic carbocycles. The maximum absolute atomic E-state index is 6.04. The standard InChI is InChI=1S/C15H23BrN2O/c1-4-5-13-17-12(16)10-14(18-13)19-11-6-8-15(2,3)9-7-11/h10-11H,4-9H2,1-3H3. The lowest BCUT2D eigenvalue weighted by molar-refractivity contribution is 0.0944. The Labute approximate surface area is 124 Å². The molecule has 1 fully saturated rings. The topological polar surface area (TPSA) is 35.0 Å². The van der Waals surface area contributed by atoms with E-state index in [2.05, 4.69) is 46.7 Å². The number of hydrogen-bond donors (Lipinski definition) is 0. The summed E-state index contributed by atoms with van der Waals surface area (Å²) in [4.78, 5) is 8.86. The molecule has 1 aliphatic rings. The van der Waals surface area contributed by atoms with Crippen LogP contribution in [0.2, 0.25) is 0 Å². The Morgan fingerprint density at radius 3 is 2.63 bits per heavy atom. The first-order valence-electron chi connectivity index (χ1n) is 7.18. The molecule has 1 aliphatic carbocycles. The first-order valence-corrected chi connectivity index (χ1v) is 7.98. The molecular weight excluding hydrogens is 304 g/mol. The predicted octanol–water partition coefficient (Wildman–Crippen LogP) is 4.54. The summed E-state index contributed by atoms with van der Waals surface area (Å²) < 4.78 is 6.85. The fourth-order valence-corrected chi connectivity index (χ4v) is 2.90. The zero-order valence-electron chi connectivity index (χ0n) is 12.1.